The van der Waals surface area contributed by atoms with Gasteiger partial charge in [-0.2, -0.15) is 5.10 Å². The van der Waals surface area contributed by atoms with Gasteiger partial charge in [-0.15, -0.1) is 0 Å². The summed E-state index contributed by atoms with van der Waals surface area (Å²) in [5.41, 5.74) is 1.58. The highest BCUT2D eigenvalue weighted by Gasteiger charge is 2.16. The first-order valence-corrected chi connectivity index (χ1v) is 8.59. The summed E-state index contributed by atoms with van der Waals surface area (Å²) in [6.45, 7) is 1.78. The van der Waals surface area contributed by atoms with Gasteiger partial charge in [-0.3, -0.25) is 9.48 Å². The quantitative estimate of drug-likeness (QED) is 0.902. The Morgan fingerprint density at radius 1 is 1.28 bits per heavy atom. The lowest BCUT2D eigenvalue weighted by molar-refractivity contribution is -0.115. The van der Waals surface area contributed by atoms with E-state index >= 15 is 0 Å². The largest absolute Gasteiger partial charge is 0.454 e. The molecule has 2 aliphatic heterocycles. The summed E-state index contributed by atoms with van der Waals surface area (Å²) in [5.74, 6) is 1.31. The monoisotopic (exact) mass is 343 g/mol. The summed E-state index contributed by atoms with van der Waals surface area (Å²) in [6.07, 6.45) is 7.39. The van der Waals surface area contributed by atoms with Crippen molar-refractivity contribution in [3.63, 3.8) is 0 Å². The number of ether oxygens (including phenoxy) is 3. The van der Waals surface area contributed by atoms with Crippen LogP contribution in [-0.4, -0.2) is 35.2 Å². The SMILES string of the molecule is O=C(Cc1ccc2c(c1)OCO2)Nc1cnn(C[C@H]2CCCCO2)c1. The number of aromatic nitrogens is 2. The van der Waals surface area contributed by atoms with Gasteiger partial charge < -0.3 is 19.5 Å². The van der Waals surface area contributed by atoms with Crippen molar-refractivity contribution in [3.05, 3.63) is 36.2 Å². The lowest BCUT2D eigenvalue weighted by Crippen LogP contribution is -2.24. The average Bonchev–Trinajstić information content (AvgIpc) is 3.24. The van der Waals surface area contributed by atoms with Crippen molar-refractivity contribution in [1.29, 1.82) is 0 Å². The fourth-order valence-corrected chi connectivity index (χ4v) is 3.13. The number of carbonyl (C=O) groups excluding carboxylic acids is 1. The van der Waals surface area contributed by atoms with Gasteiger partial charge in [0.05, 0.1) is 31.0 Å². The van der Waals surface area contributed by atoms with Crippen molar-refractivity contribution in [1.82, 2.24) is 9.78 Å². The number of rotatable bonds is 5. The number of nitrogens with one attached hydrogen (secondary N) is 1. The van der Waals surface area contributed by atoms with Crippen LogP contribution in [0.1, 0.15) is 24.8 Å². The number of fused-ring (bicyclic) bond motifs is 1. The summed E-state index contributed by atoms with van der Waals surface area (Å²) in [6, 6.07) is 5.54. The molecule has 1 N–H and O–H groups in total. The molecule has 2 aliphatic rings. The Kier molecular flexibility index (Phi) is 4.56. The minimum absolute atomic E-state index is 0.0904. The molecule has 132 valence electrons. The Labute approximate surface area is 145 Å². The van der Waals surface area contributed by atoms with Gasteiger partial charge in [0.25, 0.3) is 0 Å². The number of nitrogens with zero attached hydrogens (tertiary/aromatic N) is 2. The fourth-order valence-electron chi connectivity index (χ4n) is 3.13. The Hall–Kier alpha value is -2.54. The molecule has 0 saturated carbocycles. The van der Waals surface area contributed by atoms with Gasteiger partial charge in [0.15, 0.2) is 11.5 Å². The summed E-state index contributed by atoms with van der Waals surface area (Å²) >= 11 is 0. The minimum Gasteiger partial charge on any atom is -0.454 e. The number of anilines is 1. The maximum absolute atomic E-state index is 12.2. The lowest BCUT2D eigenvalue weighted by atomic mass is 10.1. The second kappa shape index (κ2) is 7.14. The average molecular weight is 343 g/mol. The van der Waals surface area contributed by atoms with Gasteiger partial charge in [-0.05, 0) is 37.0 Å². The molecule has 0 aliphatic carbocycles. The molecular formula is C18H21N3O4. The summed E-state index contributed by atoms with van der Waals surface area (Å²) in [7, 11) is 0. The number of hydrogen-bond acceptors (Lipinski definition) is 5. The van der Waals surface area contributed by atoms with Crippen molar-refractivity contribution in [2.75, 3.05) is 18.7 Å². The maximum atomic E-state index is 12.2. The zero-order valence-electron chi connectivity index (χ0n) is 13.9. The number of carbonyl (C=O) groups is 1. The van der Waals surface area contributed by atoms with E-state index < -0.39 is 0 Å². The van der Waals surface area contributed by atoms with Crippen molar-refractivity contribution < 1.29 is 19.0 Å². The lowest BCUT2D eigenvalue weighted by Gasteiger charge is -2.22. The number of benzene rings is 1. The van der Waals surface area contributed by atoms with E-state index in [1.54, 1.807) is 6.20 Å². The smallest absolute Gasteiger partial charge is 0.231 e. The molecule has 1 aromatic carbocycles. The highest BCUT2D eigenvalue weighted by Crippen LogP contribution is 2.32. The molecule has 0 radical (unpaired) electrons. The van der Waals surface area contributed by atoms with Gasteiger partial charge in [0, 0.05) is 12.8 Å². The van der Waals surface area contributed by atoms with Crippen LogP contribution >= 0.6 is 0 Å². The normalized spacial score (nSPS) is 19.0. The van der Waals surface area contributed by atoms with E-state index in [1.165, 1.54) is 6.42 Å². The van der Waals surface area contributed by atoms with Gasteiger partial charge in [-0.1, -0.05) is 6.07 Å². The highest BCUT2D eigenvalue weighted by atomic mass is 16.7. The van der Waals surface area contributed by atoms with E-state index in [4.69, 9.17) is 14.2 Å². The van der Waals surface area contributed by atoms with Crippen molar-refractivity contribution >= 4 is 11.6 Å². The first-order valence-electron chi connectivity index (χ1n) is 8.59. The Balaban J connectivity index is 1.32. The van der Waals surface area contributed by atoms with Crippen LogP contribution in [-0.2, 0) is 22.5 Å². The van der Waals surface area contributed by atoms with E-state index in [0.717, 1.165) is 37.3 Å². The topological polar surface area (TPSA) is 74.6 Å². The predicted octanol–water partition coefficient (Wildman–Crippen LogP) is 2.36. The van der Waals surface area contributed by atoms with Crippen molar-refractivity contribution in [3.8, 4) is 11.5 Å². The van der Waals surface area contributed by atoms with Gasteiger partial charge in [0.1, 0.15) is 0 Å². The zero-order chi connectivity index (χ0) is 17.1. The van der Waals surface area contributed by atoms with Crippen LogP contribution in [0.5, 0.6) is 11.5 Å². The standard InChI is InChI=1S/C18H21N3O4/c22-18(8-13-4-5-16-17(7-13)25-12-24-16)20-14-9-19-21(10-14)11-15-3-1-2-6-23-15/h4-5,7,9-10,15H,1-3,6,8,11-12H2,(H,20,22)/t15-/m1/s1. The summed E-state index contributed by atoms with van der Waals surface area (Å²) in [5, 5.41) is 7.18. The van der Waals surface area contributed by atoms with Crippen LogP contribution in [0.15, 0.2) is 30.6 Å². The molecule has 1 atom stereocenters. The molecule has 1 fully saturated rings. The van der Waals surface area contributed by atoms with Gasteiger partial charge in [0.2, 0.25) is 12.7 Å². The summed E-state index contributed by atoms with van der Waals surface area (Å²) < 4.78 is 18.2. The van der Waals surface area contributed by atoms with Crippen LogP contribution in [0.4, 0.5) is 5.69 Å². The van der Waals surface area contributed by atoms with Crippen LogP contribution in [0.3, 0.4) is 0 Å². The van der Waals surface area contributed by atoms with Crippen LogP contribution in [0.25, 0.3) is 0 Å². The van der Waals surface area contributed by atoms with Gasteiger partial charge in [-0.25, -0.2) is 0 Å². The first-order chi connectivity index (χ1) is 12.3. The molecule has 7 nitrogen and oxygen atoms in total. The highest BCUT2D eigenvalue weighted by molar-refractivity contribution is 5.92. The molecule has 1 aromatic heterocycles. The summed E-state index contributed by atoms with van der Waals surface area (Å²) in [4.78, 5) is 12.2. The predicted molar refractivity (Wildman–Crippen MR) is 90.7 cm³/mol. The second-order valence-electron chi connectivity index (χ2n) is 6.35. The minimum atomic E-state index is -0.0904. The second-order valence-corrected chi connectivity index (χ2v) is 6.35. The number of amides is 1. The third-order valence-electron chi connectivity index (χ3n) is 4.38. The van der Waals surface area contributed by atoms with Crippen molar-refractivity contribution in [2.24, 2.45) is 0 Å². The molecule has 0 bridgehead atoms. The molecule has 4 rings (SSSR count). The Morgan fingerprint density at radius 3 is 3.08 bits per heavy atom. The van der Waals surface area contributed by atoms with E-state index in [-0.39, 0.29) is 25.2 Å². The van der Waals surface area contributed by atoms with E-state index in [0.29, 0.717) is 11.4 Å². The molecule has 3 heterocycles. The molecular weight excluding hydrogens is 322 g/mol. The molecule has 1 saturated heterocycles. The van der Waals surface area contributed by atoms with Crippen LogP contribution in [0, 0.1) is 0 Å². The zero-order valence-corrected chi connectivity index (χ0v) is 13.9. The first kappa shape index (κ1) is 16.0. The molecule has 2 aromatic rings. The van der Waals surface area contributed by atoms with E-state index in [1.807, 2.05) is 29.1 Å². The third kappa shape index (κ3) is 3.93. The van der Waals surface area contributed by atoms with Crippen LogP contribution < -0.4 is 14.8 Å². The van der Waals surface area contributed by atoms with Gasteiger partial charge >= 0.3 is 0 Å². The van der Waals surface area contributed by atoms with E-state index in [2.05, 4.69) is 10.4 Å². The molecule has 25 heavy (non-hydrogen) atoms. The maximum Gasteiger partial charge on any atom is 0.231 e. The molecule has 0 unspecified atom stereocenters. The fraction of sp³-hybridized carbons (Fsp3) is 0.444. The van der Waals surface area contributed by atoms with E-state index in [9.17, 15) is 4.79 Å². The van der Waals surface area contributed by atoms with Crippen LogP contribution in [0.2, 0.25) is 0 Å². The Morgan fingerprint density at radius 2 is 2.20 bits per heavy atom. The Bertz CT molecular complexity index is 753. The molecule has 1 amide bonds. The van der Waals surface area contributed by atoms with Crippen molar-refractivity contribution in [2.45, 2.75) is 38.3 Å². The molecule has 7 heteroatoms. The third-order valence-corrected chi connectivity index (χ3v) is 4.38. The number of hydrogen-bond donors (Lipinski definition) is 1. The molecule has 0 spiro atoms.